The van der Waals surface area contributed by atoms with Crippen LogP contribution in [0.4, 0.5) is 11.8 Å². The second kappa shape index (κ2) is 6.23. The van der Waals surface area contributed by atoms with Gasteiger partial charge in [0, 0.05) is 19.0 Å². The maximum absolute atomic E-state index is 10.7. The Balaban J connectivity index is 1.86. The van der Waals surface area contributed by atoms with E-state index in [1.165, 1.54) is 6.92 Å². The molecule has 7 heteroatoms. The van der Waals surface area contributed by atoms with E-state index < -0.39 is 0 Å². The van der Waals surface area contributed by atoms with Crippen molar-refractivity contribution in [3.63, 3.8) is 0 Å². The summed E-state index contributed by atoms with van der Waals surface area (Å²) < 4.78 is 10.3. The van der Waals surface area contributed by atoms with Gasteiger partial charge < -0.3 is 20.5 Å². The predicted molar refractivity (Wildman–Crippen MR) is 74.4 cm³/mol. The van der Waals surface area contributed by atoms with Crippen LogP contribution in [0.2, 0.25) is 0 Å². The van der Waals surface area contributed by atoms with Gasteiger partial charge in [0.25, 0.3) is 0 Å². The van der Waals surface area contributed by atoms with Crippen molar-refractivity contribution in [1.29, 1.82) is 0 Å². The fraction of sp³-hybridized carbons (Fsp3) is 0.462. The molecule has 1 fully saturated rings. The van der Waals surface area contributed by atoms with Crippen LogP contribution in [-0.4, -0.2) is 35.2 Å². The lowest BCUT2D eigenvalue weighted by atomic mass is 10.3. The van der Waals surface area contributed by atoms with Gasteiger partial charge in [-0.25, -0.2) is 0 Å². The molecule has 2 rings (SSSR count). The molecule has 0 amide bonds. The standard InChI is InChI=1S/C13H18N4O3/c1-8(6-19-9(2)18)7-20-12-5-11(15-10-3-4-10)16-13(14)17-12/h5,10H,1,3-4,6-7H2,2H3,(H3,14,15,16,17). The quantitative estimate of drug-likeness (QED) is 0.569. The number of hydrogen-bond donors (Lipinski definition) is 2. The van der Waals surface area contributed by atoms with Gasteiger partial charge in [0.15, 0.2) is 0 Å². The highest BCUT2D eigenvalue weighted by Gasteiger charge is 2.21. The van der Waals surface area contributed by atoms with Gasteiger partial charge in [0.1, 0.15) is 19.0 Å². The zero-order valence-corrected chi connectivity index (χ0v) is 11.4. The highest BCUT2D eigenvalue weighted by molar-refractivity contribution is 5.66. The minimum Gasteiger partial charge on any atom is -0.473 e. The molecule has 1 heterocycles. The van der Waals surface area contributed by atoms with E-state index in [4.69, 9.17) is 15.2 Å². The number of ether oxygens (including phenoxy) is 2. The first-order valence-electron chi connectivity index (χ1n) is 6.37. The van der Waals surface area contributed by atoms with Crippen LogP contribution in [0.15, 0.2) is 18.2 Å². The van der Waals surface area contributed by atoms with Crippen LogP contribution in [0, 0.1) is 0 Å². The lowest BCUT2D eigenvalue weighted by molar-refractivity contribution is -0.140. The van der Waals surface area contributed by atoms with Gasteiger partial charge in [-0.05, 0) is 18.4 Å². The highest BCUT2D eigenvalue weighted by Crippen LogP contribution is 2.25. The predicted octanol–water partition coefficient (Wildman–Crippen LogP) is 1.13. The highest BCUT2D eigenvalue weighted by atomic mass is 16.5. The van der Waals surface area contributed by atoms with Crippen molar-refractivity contribution in [1.82, 2.24) is 9.97 Å². The molecule has 1 aromatic rings. The zero-order chi connectivity index (χ0) is 14.5. The number of nitrogens with one attached hydrogen (secondary N) is 1. The van der Waals surface area contributed by atoms with Crippen LogP contribution in [0.5, 0.6) is 5.88 Å². The van der Waals surface area contributed by atoms with Crippen molar-refractivity contribution in [3.8, 4) is 5.88 Å². The molecule has 0 bridgehead atoms. The number of nitrogens with two attached hydrogens (primary N) is 1. The van der Waals surface area contributed by atoms with Crippen molar-refractivity contribution in [2.45, 2.75) is 25.8 Å². The summed E-state index contributed by atoms with van der Waals surface area (Å²) >= 11 is 0. The fourth-order valence-electron chi connectivity index (χ4n) is 1.45. The van der Waals surface area contributed by atoms with Crippen LogP contribution < -0.4 is 15.8 Å². The molecule has 0 saturated heterocycles. The van der Waals surface area contributed by atoms with E-state index in [1.54, 1.807) is 6.07 Å². The molecule has 108 valence electrons. The van der Waals surface area contributed by atoms with Crippen LogP contribution in [0.1, 0.15) is 19.8 Å². The first kappa shape index (κ1) is 14.1. The molecule has 0 radical (unpaired) electrons. The van der Waals surface area contributed by atoms with Crippen LogP contribution in [-0.2, 0) is 9.53 Å². The molecule has 0 atom stereocenters. The van der Waals surface area contributed by atoms with E-state index >= 15 is 0 Å². The molecule has 0 aliphatic heterocycles. The Kier molecular flexibility index (Phi) is 4.39. The Morgan fingerprint density at radius 2 is 2.25 bits per heavy atom. The summed E-state index contributed by atoms with van der Waals surface area (Å²) in [6.07, 6.45) is 2.28. The fourth-order valence-corrected chi connectivity index (χ4v) is 1.45. The number of anilines is 2. The van der Waals surface area contributed by atoms with Gasteiger partial charge >= 0.3 is 5.97 Å². The molecular formula is C13H18N4O3. The number of rotatable bonds is 7. The lowest BCUT2D eigenvalue weighted by Gasteiger charge is -2.10. The van der Waals surface area contributed by atoms with E-state index in [9.17, 15) is 4.79 Å². The number of nitrogen functional groups attached to an aromatic ring is 1. The summed E-state index contributed by atoms with van der Waals surface area (Å²) in [7, 11) is 0. The molecule has 1 saturated carbocycles. The third-order valence-electron chi connectivity index (χ3n) is 2.55. The Bertz CT molecular complexity index is 514. The molecule has 1 aliphatic carbocycles. The summed E-state index contributed by atoms with van der Waals surface area (Å²) in [5, 5.41) is 3.22. The molecule has 20 heavy (non-hydrogen) atoms. The lowest BCUT2D eigenvalue weighted by Crippen LogP contribution is -2.11. The third-order valence-corrected chi connectivity index (χ3v) is 2.55. The van der Waals surface area contributed by atoms with Crippen LogP contribution in [0.25, 0.3) is 0 Å². The average molecular weight is 278 g/mol. The molecule has 1 aromatic heterocycles. The van der Waals surface area contributed by atoms with E-state index in [1.807, 2.05) is 0 Å². The van der Waals surface area contributed by atoms with E-state index in [2.05, 4.69) is 21.9 Å². The van der Waals surface area contributed by atoms with Gasteiger partial charge in [0.05, 0.1) is 0 Å². The van der Waals surface area contributed by atoms with Gasteiger partial charge in [-0.3, -0.25) is 4.79 Å². The van der Waals surface area contributed by atoms with Gasteiger partial charge in [0.2, 0.25) is 11.8 Å². The second-order valence-corrected chi connectivity index (χ2v) is 4.69. The molecule has 0 aromatic carbocycles. The van der Waals surface area contributed by atoms with Crippen LogP contribution >= 0.6 is 0 Å². The first-order valence-corrected chi connectivity index (χ1v) is 6.37. The van der Waals surface area contributed by atoms with Crippen molar-refractivity contribution < 1.29 is 14.3 Å². The van der Waals surface area contributed by atoms with Crippen molar-refractivity contribution in [2.75, 3.05) is 24.3 Å². The summed E-state index contributed by atoms with van der Waals surface area (Å²) in [6, 6.07) is 2.16. The molecule has 0 unspecified atom stereocenters. The largest absolute Gasteiger partial charge is 0.473 e. The maximum Gasteiger partial charge on any atom is 0.302 e. The summed E-state index contributed by atoms with van der Waals surface area (Å²) in [5.74, 6) is 0.815. The number of aromatic nitrogens is 2. The first-order chi connectivity index (χ1) is 9.52. The molecule has 1 aliphatic rings. The average Bonchev–Trinajstić information content (AvgIpc) is 3.17. The third kappa shape index (κ3) is 4.75. The maximum atomic E-state index is 10.7. The monoisotopic (exact) mass is 278 g/mol. The van der Waals surface area contributed by atoms with Gasteiger partial charge in [-0.2, -0.15) is 9.97 Å². The van der Waals surface area contributed by atoms with Gasteiger partial charge in [-0.1, -0.05) is 6.58 Å². The van der Waals surface area contributed by atoms with Crippen molar-refractivity contribution >= 4 is 17.7 Å². The zero-order valence-electron chi connectivity index (χ0n) is 11.4. The van der Waals surface area contributed by atoms with Crippen molar-refractivity contribution in [3.05, 3.63) is 18.2 Å². The van der Waals surface area contributed by atoms with E-state index in [0.29, 0.717) is 23.3 Å². The van der Waals surface area contributed by atoms with Crippen LogP contribution in [0.3, 0.4) is 0 Å². The molecule has 0 spiro atoms. The SMILES string of the molecule is C=C(COC(C)=O)COc1cc(NC2CC2)nc(N)n1. The van der Waals surface area contributed by atoms with E-state index in [0.717, 1.165) is 12.8 Å². The topological polar surface area (TPSA) is 99.4 Å². The minimum atomic E-state index is -0.353. The number of esters is 1. The van der Waals surface area contributed by atoms with Gasteiger partial charge in [-0.15, -0.1) is 0 Å². The number of carbonyl (C=O) groups is 1. The Hall–Kier alpha value is -2.31. The normalized spacial score (nSPS) is 13.7. The number of hydrogen-bond acceptors (Lipinski definition) is 7. The Morgan fingerprint density at radius 3 is 2.90 bits per heavy atom. The van der Waals surface area contributed by atoms with E-state index in [-0.39, 0.29) is 25.1 Å². The Morgan fingerprint density at radius 1 is 1.50 bits per heavy atom. The summed E-state index contributed by atoms with van der Waals surface area (Å²) in [5.41, 5.74) is 6.26. The molecule has 7 nitrogen and oxygen atoms in total. The van der Waals surface area contributed by atoms with Crippen molar-refractivity contribution in [2.24, 2.45) is 0 Å². The number of nitrogens with zero attached hydrogens (tertiary/aromatic N) is 2. The minimum absolute atomic E-state index is 0.128. The molecular weight excluding hydrogens is 260 g/mol. The molecule has 3 N–H and O–H groups in total. The number of carbonyl (C=O) groups excluding carboxylic acids is 1. The summed E-state index contributed by atoms with van der Waals surface area (Å²) in [6.45, 7) is 5.42. The Labute approximate surface area is 117 Å². The smallest absolute Gasteiger partial charge is 0.302 e. The second-order valence-electron chi connectivity index (χ2n) is 4.69. The summed E-state index contributed by atoms with van der Waals surface area (Å²) in [4.78, 5) is 18.7.